The molecule has 0 aliphatic carbocycles. The third kappa shape index (κ3) is 62.5. The Labute approximate surface area is 647 Å². The fourth-order valence-corrected chi connectivity index (χ4v) is 8.77. The minimum atomic E-state index is -1.35. The van der Waals surface area contributed by atoms with Crippen LogP contribution in [0.5, 0.6) is 0 Å². The number of ketones is 4. The van der Waals surface area contributed by atoms with E-state index in [-0.39, 0.29) is 91.3 Å². The molecule has 0 heterocycles. The van der Waals surface area contributed by atoms with E-state index in [4.69, 9.17) is 25.0 Å². The summed E-state index contributed by atoms with van der Waals surface area (Å²) in [6.07, 6.45) is 23.7. The zero-order chi connectivity index (χ0) is 82.8. The molecule has 0 saturated heterocycles. The first-order valence-electron chi connectivity index (χ1n) is 34.8. The Hall–Kier alpha value is -14.1. The van der Waals surface area contributed by atoms with Gasteiger partial charge in [-0.1, -0.05) is 40.0 Å². The summed E-state index contributed by atoms with van der Waals surface area (Å²) in [5.41, 5.74) is 5.88. The average Bonchev–Trinajstić information content (AvgIpc) is 0.917. The van der Waals surface area contributed by atoms with E-state index >= 15 is 0 Å². The predicted octanol–water partition coefficient (Wildman–Crippen LogP) is 2.98. The second kappa shape index (κ2) is 69.3. The smallest absolute Gasteiger partial charge is 0.326 e. The lowest BCUT2D eigenvalue weighted by Gasteiger charge is -2.16. The molecule has 0 fully saturated rings. The second-order valence-corrected chi connectivity index (χ2v) is 22.9. The highest BCUT2D eigenvalue weighted by atomic mass is 16.4. The number of rotatable bonds is 42. The van der Waals surface area contributed by atoms with E-state index in [0.29, 0.717) is 45.4 Å². The van der Waals surface area contributed by atoms with Gasteiger partial charge in [0.15, 0.2) is 0 Å². The summed E-state index contributed by atoms with van der Waals surface area (Å²) in [6.45, 7) is 12.4. The Bertz CT molecular complexity index is 4420. The molecule has 23 heteroatoms. The van der Waals surface area contributed by atoms with Gasteiger partial charge in [-0.05, 0) is 294 Å². The van der Waals surface area contributed by atoms with Crippen molar-refractivity contribution in [3.05, 3.63) is 0 Å². The van der Waals surface area contributed by atoms with Crippen molar-refractivity contribution < 1.29 is 77.6 Å². The molecule has 7 atom stereocenters. The minimum absolute atomic E-state index is 0.0138. The number of nitrogens with one attached hydrogen (secondary N) is 6. The number of aliphatic carboxylic acids is 3. The molecule has 568 valence electrons. The van der Waals surface area contributed by atoms with Crippen LogP contribution >= 0.6 is 0 Å². The lowest BCUT2D eigenvalue weighted by Crippen LogP contribution is -2.41. The fourth-order valence-electron chi connectivity index (χ4n) is 8.77. The number of terminal acetylenes is 3. The van der Waals surface area contributed by atoms with Crippen LogP contribution < -0.4 is 37.6 Å². The first-order valence-corrected chi connectivity index (χ1v) is 34.8. The van der Waals surface area contributed by atoms with E-state index in [1.54, 1.807) is 20.8 Å². The summed E-state index contributed by atoms with van der Waals surface area (Å²) in [4.78, 5) is 152. The number of amides is 6. The number of unbranched alkanes of at least 4 members (excludes halogenated alkanes) is 3. The van der Waals surface area contributed by atoms with Crippen LogP contribution in [0.1, 0.15) is 176 Å². The van der Waals surface area contributed by atoms with Crippen molar-refractivity contribution in [1.82, 2.24) is 31.9 Å². The number of carboxylic acid groups (broad SMARTS) is 3. The van der Waals surface area contributed by atoms with Crippen molar-refractivity contribution in [2.24, 2.45) is 29.4 Å². The predicted molar refractivity (Wildman–Crippen MR) is 415 cm³/mol. The van der Waals surface area contributed by atoms with Gasteiger partial charge in [-0.3, -0.25) is 52.7 Å². The van der Waals surface area contributed by atoms with Gasteiger partial charge in [-0.15, -0.1) is 19.3 Å². The van der Waals surface area contributed by atoms with Crippen molar-refractivity contribution in [1.29, 1.82) is 0 Å². The summed E-state index contributed by atoms with van der Waals surface area (Å²) in [7, 11) is 0. The maximum Gasteiger partial charge on any atom is 0.326 e. The Morgan fingerprint density at radius 1 is 0.327 bits per heavy atom. The molecular formula is C87H89N7O16. The van der Waals surface area contributed by atoms with E-state index in [1.807, 2.05) is 20.8 Å². The van der Waals surface area contributed by atoms with Crippen LogP contribution in [0.4, 0.5) is 0 Å². The average molecular weight is 1490 g/mol. The van der Waals surface area contributed by atoms with Crippen LogP contribution in [0.25, 0.3) is 0 Å². The van der Waals surface area contributed by atoms with Crippen molar-refractivity contribution >= 4 is 76.5 Å². The molecule has 0 aromatic heterocycles. The monoisotopic (exact) mass is 1490 g/mol. The zero-order valence-corrected chi connectivity index (χ0v) is 62.7. The molecule has 0 rings (SSSR count). The normalized spacial score (nSPS) is 10.4. The number of hydrogen-bond donors (Lipinski definition) is 10. The number of carboxylic acids is 3. The van der Waals surface area contributed by atoms with Gasteiger partial charge in [0.2, 0.25) is 29.4 Å². The van der Waals surface area contributed by atoms with E-state index < -0.39 is 71.9 Å². The number of carbonyl (C=O) groups is 13. The highest BCUT2D eigenvalue weighted by molar-refractivity contribution is 5.98. The third-order valence-electron chi connectivity index (χ3n) is 14.7. The molecule has 7 unspecified atom stereocenters. The molecule has 0 spiro atoms. The maximum atomic E-state index is 12.3. The van der Waals surface area contributed by atoms with Gasteiger partial charge in [0, 0.05) is 81.5 Å². The molecule has 0 aliphatic rings. The quantitative estimate of drug-likeness (QED) is 0.0239. The first-order chi connectivity index (χ1) is 52.7. The maximum absolute atomic E-state index is 12.3. The zero-order valence-electron chi connectivity index (χ0n) is 62.7. The van der Waals surface area contributed by atoms with Crippen molar-refractivity contribution in [3.8, 4) is 215 Å². The topological polar surface area (TPSA) is 381 Å². The molecule has 110 heavy (non-hydrogen) atoms. The summed E-state index contributed by atoms with van der Waals surface area (Å²) < 4.78 is 0. The standard InChI is InChI=1S/C33H34N2O8.C27H29N3O3.C27H26N2O5/c1-4-6-7-8-9-10-11-12-13-14-18-28(37)24-27(32(40)41)19-21-31(39)35-29(33(42)43)20-22-30(38)34-23-16-15-17-26(5-2)25(3)36;1-4-6-7-8-9-10-11-12-13-14-20-26(32)29-22-17-19-25(28)27(33)30-21-16-15-18-24(5-2)23(3)31;1-4-6-7-8-9-10-11-12-13-14-18-26(32)29-24(27(33)34)19-20-25(31)28-21-16-15-17-23(5-2)22(3)30/h1,26-27,29H,5,15-17,19-24H2,2-3H3,(H,34,38)(H,35,39)(H,40,41)(H,42,43);1,24-25H,5,15-19,21-22,28H2,2-3H3,(H,29,32)(H,30,33);1,23-24H,5,15-17,19-21H2,2-3H3,(H,28,31)(H,29,32)(H,33,34). The van der Waals surface area contributed by atoms with Gasteiger partial charge < -0.3 is 53.0 Å². The molecule has 0 bridgehead atoms. The van der Waals surface area contributed by atoms with Crippen LogP contribution in [-0.4, -0.2) is 136 Å². The van der Waals surface area contributed by atoms with Crippen molar-refractivity contribution in [2.45, 2.75) is 195 Å². The van der Waals surface area contributed by atoms with E-state index in [0.717, 1.165) is 70.6 Å². The minimum Gasteiger partial charge on any atom is -0.481 e. The van der Waals surface area contributed by atoms with Crippen molar-refractivity contribution in [2.75, 3.05) is 26.2 Å². The lowest BCUT2D eigenvalue weighted by molar-refractivity contribution is -0.144. The Morgan fingerprint density at radius 2 is 0.645 bits per heavy atom. The molecule has 23 nitrogen and oxygen atoms in total. The van der Waals surface area contributed by atoms with Crippen LogP contribution in [-0.2, 0) is 62.3 Å². The molecule has 0 aromatic rings. The number of carbonyl (C=O) groups excluding carboxylic acids is 10. The molecule has 11 N–H and O–H groups in total. The molecule has 0 aliphatic heterocycles. The number of nitrogens with two attached hydrogens (primary N) is 1. The fraction of sp³-hybridized carbons (Fsp3) is 0.437. The van der Waals surface area contributed by atoms with Gasteiger partial charge in [-0.25, -0.2) is 9.59 Å². The van der Waals surface area contributed by atoms with Gasteiger partial charge >= 0.3 is 17.9 Å². The van der Waals surface area contributed by atoms with Crippen LogP contribution in [0.15, 0.2) is 0 Å². The lowest BCUT2D eigenvalue weighted by atomic mass is 9.95. The summed E-state index contributed by atoms with van der Waals surface area (Å²) in [6, 6.07) is -3.25. The second-order valence-electron chi connectivity index (χ2n) is 22.9. The third-order valence-corrected chi connectivity index (χ3v) is 14.7. The van der Waals surface area contributed by atoms with Crippen LogP contribution in [0.3, 0.4) is 0 Å². The van der Waals surface area contributed by atoms with Gasteiger partial charge in [0.25, 0.3) is 11.8 Å². The van der Waals surface area contributed by atoms with E-state index in [2.05, 4.69) is 227 Å². The van der Waals surface area contributed by atoms with E-state index in [1.165, 1.54) is 0 Å². The molecule has 0 saturated carbocycles. The van der Waals surface area contributed by atoms with Crippen LogP contribution in [0, 0.1) is 238 Å². The summed E-state index contributed by atoms with van der Waals surface area (Å²) in [5, 5.41) is 43.4. The van der Waals surface area contributed by atoms with E-state index in [9.17, 15) is 77.6 Å². The van der Waals surface area contributed by atoms with Crippen LogP contribution in [0.2, 0.25) is 0 Å². The number of hydrogen-bond acceptors (Lipinski definition) is 14. The highest BCUT2D eigenvalue weighted by Gasteiger charge is 2.26. The molecule has 0 aromatic carbocycles. The Kier molecular flexibility index (Phi) is 63.1. The summed E-state index contributed by atoms with van der Waals surface area (Å²) >= 11 is 0. The van der Waals surface area contributed by atoms with Crippen molar-refractivity contribution in [3.63, 3.8) is 0 Å². The SMILES string of the molecule is C#CC#CC#CC#CC#CC#CC(=O)CC(CCC(=O)NC(CCC(=O)NCCCCC(CC)C(C)=O)C(=O)O)C(=O)O.C#CC#CC#CC#CC#CC#CC(=O)NC(CCC(=O)NCCCCC(CC)C(C)=O)C(=O)O.C#CC#CC#CC#CC#CC#CC(=O)NCCCC(N)C(=O)NCCCCC(CC)C(C)=O. The highest BCUT2D eigenvalue weighted by Crippen LogP contribution is 2.16. The van der Waals surface area contributed by atoms with Gasteiger partial charge in [0.05, 0.1) is 12.0 Å². The molecular weight excluding hydrogens is 1400 g/mol. The number of Topliss-reactive ketones (excluding diaryl/α,β-unsaturated/α-hetero) is 4. The molecule has 6 amide bonds. The largest absolute Gasteiger partial charge is 0.481 e. The molecule has 0 radical (unpaired) electrons. The first kappa shape index (κ1) is 100. The van der Waals surface area contributed by atoms with Gasteiger partial charge in [0.1, 0.15) is 29.4 Å². The Morgan fingerprint density at radius 3 is 0.991 bits per heavy atom. The Balaban J connectivity index is -0.00000158. The summed E-state index contributed by atoms with van der Waals surface area (Å²) in [5.74, 6) is 68.5. The van der Waals surface area contributed by atoms with Gasteiger partial charge in [-0.2, -0.15) is 0 Å².